The average molecular weight is 368 g/mol. The monoisotopic (exact) mass is 367 g/mol. The molecule has 0 fully saturated rings. The van der Waals surface area contributed by atoms with Crippen LogP contribution in [-0.4, -0.2) is 19.1 Å². The maximum absolute atomic E-state index is 12.1. The Hall–Kier alpha value is -1.73. The SMILES string of the molecule is CC(=NNS(=O)(=O)c1ccc(C)cc1)c1cc(Br)ccn1. The molecule has 7 heteroatoms. The van der Waals surface area contributed by atoms with Crippen LogP contribution in [0.5, 0.6) is 0 Å². The van der Waals surface area contributed by atoms with E-state index in [1.165, 1.54) is 0 Å². The van der Waals surface area contributed by atoms with Gasteiger partial charge in [0.25, 0.3) is 10.0 Å². The number of nitrogens with one attached hydrogen (secondary N) is 1. The highest BCUT2D eigenvalue weighted by molar-refractivity contribution is 9.10. The number of aromatic nitrogens is 1. The second-order valence-corrected chi connectivity index (χ2v) is 7.04. The van der Waals surface area contributed by atoms with E-state index in [1.807, 2.05) is 6.92 Å². The van der Waals surface area contributed by atoms with Crippen LogP contribution in [0.15, 0.2) is 57.1 Å². The normalized spacial score (nSPS) is 12.2. The van der Waals surface area contributed by atoms with Crippen LogP contribution in [0.2, 0.25) is 0 Å². The van der Waals surface area contributed by atoms with Gasteiger partial charge in [0, 0.05) is 10.7 Å². The lowest BCUT2D eigenvalue weighted by atomic mass is 10.2. The smallest absolute Gasteiger partial charge is 0.255 e. The molecule has 1 heterocycles. The number of hydrogen-bond donors (Lipinski definition) is 1. The summed E-state index contributed by atoms with van der Waals surface area (Å²) in [6, 6.07) is 10.1. The topological polar surface area (TPSA) is 71.4 Å². The fourth-order valence-corrected chi connectivity index (χ4v) is 2.75. The van der Waals surface area contributed by atoms with Crippen molar-refractivity contribution in [1.82, 2.24) is 9.82 Å². The molecule has 1 aromatic heterocycles. The number of pyridine rings is 1. The van der Waals surface area contributed by atoms with Gasteiger partial charge in [0.1, 0.15) is 0 Å². The average Bonchev–Trinajstić information content (AvgIpc) is 2.45. The summed E-state index contributed by atoms with van der Waals surface area (Å²) in [6.45, 7) is 3.58. The first kappa shape index (κ1) is 15.7. The van der Waals surface area contributed by atoms with Gasteiger partial charge < -0.3 is 0 Å². The fourth-order valence-electron chi connectivity index (χ4n) is 1.56. The largest absolute Gasteiger partial charge is 0.276 e. The highest BCUT2D eigenvalue weighted by Gasteiger charge is 2.12. The Bertz CT molecular complexity index is 771. The second kappa shape index (κ2) is 6.36. The third-order valence-electron chi connectivity index (χ3n) is 2.76. The molecule has 110 valence electrons. The summed E-state index contributed by atoms with van der Waals surface area (Å²) in [5.74, 6) is 0. The maximum atomic E-state index is 12.1. The van der Waals surface area contributed by atoms with Crippen LogP contribution in [0.4, 0.5) is 0 Å². The van der Waals surface area contributed by atoms with Crippen molar-refractivity contribution in [2.24, 2.45) is 5.10 Å². The van der Waals surface area contributed by atoms with Crippen molar-refractivity contribution in [2.75, 3.05) is 0 Å². The van der Waals surface area contributed by atoms with Gasteiger partial charge in [-0.1, -0.05) is 33.6 Å². The van der Waals surface area contributed by atoms with E-state index in [1.54, 1.807) is 49.5 Å². The van der Waals surface area contributed by atoms with E-state index in [2.05, 4.69) is 30.8 Å². The molecule has 2 rings (SSSR count). The number of benzene rings is 1. The van der Waals surface area contributed by atoms with Crippen LogP contribution in [0.25, 0.3) is 0 Å². The molecule has 0 amide bonds. The van der Waals surface area contributed by atoms with Gasteiger partial charge in [0.15, 0.2) is 0 Å². The summed E-state index contributed by atoms with van der Waals surface area (Å²) >= 11 is 3.33. The van der Waals surface area contributed by atoms with E-state index in [0.717, 1.165) is 10.0 Å². The third kappa shape index (κ3) is 4.12. The number of hydrogen-bond acceptors (Lipinski definition) is 4. The van der Waals surface area contributed by atoms with E-state index in [9.17, 15) is 8.42 Å². The summed E-state index contributed by atoms with van der Waals surface area (Å²) in [7, 11) is -3.67. The van der Waals surface area contributed by atoms with Crippen LogP contribution in [0, 0.1) is 6.92 Å². The predicted molar refractivity (Wildman–Crippen MR) is 85.6 cm³/mol. The Morgan fingerprint density at radius 3 is 2.52 bits per heavy atom. The van der Waals surface area contributed by atoms with E-state index >= 15 is 0 Å². The van der Waals surface area contributed by atoms with Gasteiger partial charge in [-0.15, -0.1) is 0 Å². The Morgan fingerprint density at radius 1 is 1.24 bits per heavy atom. The van der Waals surface area contributed by atoms with Crippen molar-refractivity contribution in [3.8, 4) is 0 Å². The van der Waals surface area contributed by atoms with Crippen LogP contribution in [-0.2, 0) is 10.0 Å². The van der Waals surface area contributed by atoms with Crippen molar-refractivity contribution in [3.05, 3.63) is 58.3 Å². The second-order valence-electron chi connectivity index (χ2n) is 4.46. The zero-order valence-corrected chi connectivity index (χ0v) is 13.9. The number of halogens is 1. The standard InChI is InChI=1S/C14H14BrN3O2S/c1-10-3-5-13(6-4-10)21(19,20)18-17-11(2)14-9-12(15)7-8-16-14/h3-9,18H,1-2H3. The van der Waals surface area contributed by atoms with Gasteiger partial charge in [0.05, 0.1) is 16.3 Å². The quantitative estimate of drug-likeness (QED) is 0.666. The number of aryl methyl sites for hydroxylation is 1. The summed E-state index contributed by atoms with van der Waals surface area (Å²) in [4.78, 5) is 6.52. The molecule has 0 bridgehead atoms. The van der Waals surface area contributed by atoms with Crippen molar-refractivity contribution in [2.45, 2.75) is 18.7 Å². The van der Waals surface area contributed by atoms with Crippen LogP contribution >= 0.6 is 15.9 Å². The van der Waals surface area contributed by atoms with E-state index in [4.69, 9.17) is 0 Å². The number of sulfonamides is 1. The number of hydrazone groups is 1. The van der Waals surface area contributed by atoms with Gasteiger partial charge >= 0.3 is 0 Å². The van der Waals surface area contributed by atoms with Crippen molar-refractivity contribution in [3.63, 3.8) is 0 Å². The Morgan fingerprint density at radius 2 is 1.90 bits per heavy atom. The third-order valence-corrected chi connectivity index (χ3v) is 4.48. The lowest BCUT2D eigenvalue weighted by Crippen LogP contribution is -2.20. The number of nitrogens with zero attached hydrogens (tertiary/aromatic N) is 2. The Kier molecular flexibility index (Phi) is 4.74. The molecule has 1 aromatic carbocycles. The van der Waals surface area contributed by atoms with Crippen LogP contribution in [0.3, 0.4) is 0 Å². The molecule has 2 aromatic rings. The van der Waals surface area contributed by atoms with Crippen molar-refractivity contribution >= 4 is 31.7 Å². The van der Waals surface area contributed by atoms with E-state index in [-0.39, 0.29) is 4.90 Å². The lowest BCUT2D eigenvalue weighted by molar-refractivity contribution is 0.584. The lowest BCUT2D eigenvalue weighted by Gasteiger charge is -2.05. The Balaban J connectivity index is 2.21. The minimum atomic E-state index is -3.67. The molecule has 0 unspecified atom stereocenters. The first-order valence-corrected chi connectivity index (χ1v) is 8.41. The molecule has 0 radical (unpaired) electrons. The molecule has 0 saturated carbocycles. The zero-order chi connectivity index (χ0) is 15.5. The molecule has 21 heavy (non-hydrogen) atoms. The highest BCUT2D eigenvalue weighted by Crippen LogP contribution is 2.11. The maximum Gasteiger partial charge on any atom is 0.276 e. The van der Waals surface area contributed by atoms with E-state index < -0.39 is 10.0 Å². The summed E-state index contributed by atoms with van der Waals surface area (Å²) < 4.78 is 25.0. The van der Waals surface area contributed by atoms with Gasteiger partial charge in [0.2, 0.25) is 0 Å². The molecule has 0 saturated heterocycles. The summed E-state index contributed by atoms with van der Waals surface area (Å²) in [6.07, 6.45) is 1.62. The molecule has 0 atom stereocenters. The first-order chi connectivity index (χ1) is 9.88. The van der Waals surface area contributed by atoms with Gasteiger partial charge in [-0.3, -0.25) is 4.98 Å². The van der Waals surface area contributed by atoms with Crippen LogP contribution < -0.4 is 4.83 Å². The number of rotatable bonds is 4. The molecule has 5 nitrogen and oxygen atoms in total. The zero-order valence-electron chi connectivity index (χ0n) is 11.5. The molecule has 1 N–H and O–H groups in total. The summed E-state index contributed by atoms with van der Waals surface area (Å²) in [5, 5.41) is 3.90. The van der Waals surface area contributed by atoms with Crippen molar-refractivity contribution in [1.29, 1.82) is 0 Å². The van der Waals surface area contributed by atoms with Crippen LogP contribution in [0.1, 0.15) is 18.2 Å². The van der Waals surface area contributed by atoms with Crippen molar-refractivity contribution < 1.29 is 8.42 Å². The van der Waals surface area contributed by atoms with E-state index in [0.29, 0.717) is 11.4 Å². The minimum Gasteiger partial charge on any atom is -0.255 e. The molecule has 0 aliphatic heterocycles. The Labute approximate surface area is 132 Å². The molecule has 0 spiro atoms. The predicted octanol–water partition coefficient (Wildman–Crippen LogP) is 2.86. The summed E-state index contributed by atoms with van der Waals surface area (Å²) in [5.41, 5.74) is 2.06. The molecular weight excluding hydrogens is 354 g/mol. The van der Waals surface area contributed by atoms with Gasteiger partial charge in [-0.05, 0) is 38.1 Å². The fraction of sp³-hybridized carbons (Fsp3) is 0.143. The molecule has 0 aliphatic carbocycles. The highest BCUT2D eigenvalue weighted by atomic mass is 79.9. The van der Waals surface area contributed by atoms with Gasteiger partial charge in [-0.25, -0.2) is 0 Å². The molecular formula is C14H14BrN3O2S. The van der Waals surface area contributed by atoms with Gasteiger partial charge in [-0.2, -0.15) is 18.4 Å². The first-order valence-electron chi connectivity index (χ1n) is 6.13. The minimum absolute atomic E-state index is 0.173. The molecule has 0 aliphatic rings.